The Labute approximate surface area is 145 Å². The molecular weight excluding hydrogens is 377 g/mol. The van der Waals surface area contributed by atoms with Gasteiger partial charge in [-0.1, -0.05) is 48.7 Å². The summed E-state index contributed by atoms with van der Waals surface area (Å²) >= 11 is 17.2. The van der Waals surface area contributed by atoms with E-state index in [2.05, 4.69) is 0 Å². The zero-order valence-electron chi connectivity index (χ0n) is 12.8. The predicted octanol–water partition coefficient (Wildman–Crippen LogP) is 4.47. The molecule has 6 nitrogen and oxygen atoms in total. The normalized spacial score (nSPS) is 22.2. The van der Waals surface area contributed by atoms with Gasteiger partial charge < -0.3 is 4.74 Å². The van der Waals surface area contributed by atoms with Gasteiger partial charge in [0.2, 0.25) is 0 Å². The van der Waals surface area contributed by atoms with Crippen LogP contribution in [-0.2, 0) is 27.7 Å². The second kappa shape index (κ2) is 7.56. The highest BCUT2D eigenvalue weighted by molar-refractivity contribution is 7.48. The van der Waals surface area contributed by atoms with Gasteiger partial charge in [-0.25, -0.2) is 9.09 Å². The summed E-state index contributed by atoms with van der Waals surface area (Å²) in [5, 5.41) is 0. The number of esters is 1. The smallest absolute Gasteiger partial charge is 0.430 e. The largest absolute Gasteiger partial charge is 0.478 e. The van der Waals surface area contributed by atoms with E-state index in [-0.39, 0.29) is 24.5 Å². The van der Waals surface area contributed by atoms with Crippen LogP contribution in [-0.4, -0.2) is 29.3 Å². The second-order valence-electron chi connectivity index (χ2n) is 5.44. The topological polar surface area (TPSA) is 71.1 Å². The van der Waals surface area contributed by atoms with Gasteiger partial charge >= 0.3 is 13.8 Å². The van der Waals surface area contributed by atoms with Crippen molar-refractivity contribution >= 4 is 48.6 Å². The molecule has 0 N–H and O–H groups in total. The summed E-state index contributed by atoms with van der Waals surface area (Å²) in [7, 11) is -4.00. The van der Waals surface area contributed by atoms with Crippen molar-refractivity contribution in [2.75, 3.05) is 13.2 Å². The first-order valence-corrected chi connectivity index (χ1v) is 9.39. The highest BCUT2D eigenvalue weighted by Gasteiger charge is 2.54. The summed E-state index contributed by atoms with van der Waals surface area (Å²) in [6, 6.07) is 0. The first-order chi connectivity index (χ1) is 9.95. The summed E-state index contributed by atoms with van der Waals surface area (Å²) in [6.45, 7) is 7.11. The minimum absolute atomic E-state index is 0.0491. The number of hydrogen-bond donors (Lipinski definition) is 0. The van der Waals surface area contributed by atoms with Crippen molar-refractivity contribution in [2.45, 2.75) is 44.2 Å². The van der Waals surface area contributed by atoms with Gasteiger partial charge in [0.1, 0.15) is 0 Å². The maximum atomic E-state index is 12.3. The highest BCUT2D eigenvalue weighted by atomic mass is 35.6. The van der Waals surface area contributed by atoms with Crippen LogP contribution < -0.4 is 0 Å². The van der Waals surface area contributed by atoms with Gasteiger partial charge in [0.15, 0.2) is 0 Å². The van der Waals surface area contributed by atoms with Crippen LogP contribution >= 0.6 is 42.6 Å². The molecular formula is C12H20Cl3O6P. The fraction of sp³-hybridized carbons (Fsp3) is 0.917. The Bertz CT molecular complexity index is 441. The van der Waals surface area contributed by atoms with Gasteiger partial charge in [0.05, 0.1) is 19.1 Å². The van der Waals surface area contributed by atoms with E-state index in [9.17, 15) is 9.36 Å². The summed E-state index contributed by atoms with van der Waals surface area (Å²) in [6.07, 6.45) is -1.04. The predicted molar refractivity (Wildman–Crippen MR) is 84.0 cm³/mol. The minimum atomic E-state index is -4.00. The van der Waals surface area contributed by atoms with Crippen LogP contribution in [0.15, 0.2) is 0 Å². The van der Waals surface area contributed by atoms with Crippen molar-refractivity contribution in [3.63, 3.8) is 0 Å². The molecule has 0 radical (unpaired) electrons. The molecule has 10 heteroatoms. The lowest BCUT2D eigenvalue weighted by Gasteiger charge is -2.27. The zero-order chi connectivity index (χ0) is 17.2. The molecule has 0 heterocycles. The fourth-order valence-corrected chi connectivity index (χ4v) is 3.45. The SMILES string of the molecule is CCOP(=O)(OCC)OC(OC(=O)C1CC1(C)C)C(Cl)(Cl)Cl. The Kier molecular flexibility index (Phi) is 7.04. The first-order valence-electron chi connectivity index (χ1n) is 6.80. The van der Waals surface area contributed by atoms with Crippen molar-refractivity contribution in [2.24, 2.45) is 11.3 Å². The van der Waals surface area contributed by atoms with E-state index in [0.29, 0.717) is 6.42 Å². The number of hydrogen-bond acceptors (Lipinski definition) is 6. The van der Waals surface area contributed by atoms with E-state index in [1.54, 1.807) is 13.8 Å². The molecule has 0 aromatic heterocycles. The molecule has 0 aromatic rings. The molecule has 0 spiro atoms. The molecule has 0 aromatic carbocycles. The third-order valence-electron chi connectivity index (χ3n) is 3.09. The van der Waals surface area contributed by atoms with Crippen LogP contribution in [0.5, 0.6) is 0 Å². The Morgan fingerprint density at radius 1 is 1.27 bits per heavy atom. The van der Waals surface area contributed by atoms with E-state index >= 15 is 0 Å². The second-order valence-corrected chi connectivity index (χ2v) is 9.43. The van der Waals surface area contributed by atoms with Gasteiger partial charge in [0.25, 0.3) is 10.1 Å². The van der Waals surface area contributed by atoms with Crippen molar-refractivity contribution in [1.82, 2.24) is 0 Å². The molecule has 22 heavy (non-hydrogen) atoms. The third-order valence-corrected chi connectivity index (χ3v) is 5.22. The number of phosphoric ester groups is 1. The highest BCUT2D eigenvalue weighted by Crippen LogP contribution is 2.55. The molecule has 1 saturated carbocycles. The van der Waals surface area contributed by atoms with E-state index in [0.717, 1.165) is 0 Å². The number of ether oxygens (including phenoxy) is 1. The van der Waals surface area contributed by atoms with E-state index in [1.165, 1.54) is 0 Å². The number of carbonyl (C=O) groups is 1. The first kappa shape index (κ1) is 20.5. The Hall–Kier alpha value is 0.450. The lowest BCUT2D eigenvalue weighted by atomic mass is 10.1. The maximum Gasteiger partial charge on any atom is 0.478 e. The minimum Gasteiger partial charge on any atom is -0.430 e. The van der Waals surface area contributed by atoms with Crippen LogP contribution in [0.4, 0.5) is 0 Å². The van der Waals surface area contributed by atoms with Gasteiger partial charge in [-0.3, -0.25) is 13.8 Å². The van der Waals surface area contributed by atoms with Crippen molar-refractivity contribution in [3.05, 3.63) is 0 Å². The molecule has 1 aliphatic rings. The zero-order valence-corrected chi connectivity index (χ0v) is 16.0. The van der Waals surface area contributed by atoms with Crippen LogP contribution in [0, 0.1) is 11.3 Å². The van der Waals surface area contributed by atoms with E-state index in [4.69, 9.17) is 53.1 Å². The molecule has 2 unspecified atom stereocenters. The maximum absolute atomic E-state index is 12.3. The van der Waals surface area contributed by atoms with Gasteiger partial charge in [-0.2, -0.15) is 0 Å². The van der Waals surface area contributed by atoms with Crippen molar-refractivity contribution in [3.8, 4) is 0 Å². The molecule has 0 bridgehead atoms. The molecule has 0 amide bonds. The summed E-state index contributed by atoms with van der Waals surface area (Å²) in [4.78, 5) is 12.0. The molecule has 2 atom stereocenters. The number of carbonyl (C=O) groups excluding carboxylic acids is 1. The number of rotatable bonds is 8. The van der Waals surface area contributed by atoms with Crippen molar-refractivity contribution < 1.29 is 27.7 Å². The molecule has 1 rings (SSSR count). The molecule has 0 saturated heterocycles. The van der Waals surface area contributed by atoms with E-state index in [1.807, 2.05) is 13.8 Å². The molecule has 0 aliphatic heterocycles. The Morgan fingerprint density at radius 3 is 2.05 bits per heavy atom. The molecule has 1 aliphatic carbocycles. The van der Waals surface area contributed by atoms with Gasteiger partial charge in [-0.05, 0) is 25.7 Å². The Balaban J connectivity index is 2.81. The quantitative estimate of drug-likeness (QED) is 0.260. The van der Waals surface area contributed by atoms with Crippen molar-refractivity contribution in [1.29, 1.82) is 0 Å². The standard InChI is InChI=1S/C12H20Cl3O6P/c1-5-18-22(17,19-6-2)21-10(12(13,14)15)20-9(16)8-7-11(8,3)4/h8,10H,5-7H2,1-4H3. The summed E-state index contributed by atoms with van der Waals surface area (Å²) in [5.74, 6) is -0.898. The lowest BCUT2D eigenvalue weighted by Crippen LogP contribution is -2.34. The summed E-state index contributed by atoms with van der Waals surface area (Å²) in [5.41, 5.74) is -0.168. The van der Waals surface area contributed by atoms with Crippen LogP contribution in [0.1, 0.15) is 34.1 Å². The summed E-state index contributed by atoms with van der Waals surface area (Å²) < 4.78 is 30.2. The van der Waals surface area contributed by atoms with Crippen LogP contribution in [0.25, 0.3) is 0 Å². The lowest BCUT2D eigenvalue weighted by molar-refractivity contribution is -0.168. The number of alkyl halides is 3. The Morgan fingerprint density at radius 2 is 1.73 bits per heavy atom. The third kappa shape index (κ3) is 5.82. The molecule has 1 fully saturated rings. The van der Waals surface area contributed by atoms with Crippen LogP contribution in [0.2, 0.25) is 0 Å². The molecule has 130 valence electrons. The average molecular weight is 398 g/mol. The number of phosphoric acid groups is 1. The van der Waals surface area contributed by atoms with Crippen LogP contribution in [0.3, 0.4) is 0 Å². The average Bonchev–Trinajstić information content (AvgIpc) is 2.97. The number of halogens is 3. The van der Waals surface area contributed by atoms with E-state index < -0.39 is 23.9 Å². The van der Waals surface area contributed by atoms with Gasteiger partial charge in [0, 0.05) is 0 Å². The fourth-order valence-electron chi connectivity index (χ4n) is 1.74. The monoisotopic (exact) mass is 396 g/mol. The van der Waals surface area contributed by atoms with Gasteiger partial charge in [-0.15, -0.1) is 0 Å².